The van der Waals surface area contributed by atoms with Gasteiger partial charge in [0.15, 0.2) is 0 Å². The molecule has 0 aliphatic carbocycles. The second-order valence-corrected chi connectivity index (χ2v) is 10.8. The largest absolute Gasteiger partial charge is 0.390 e. The van der Waals surface area contributed by atoms with E-state index in [2.05, 4.69) is 108 Å². The fraction of sp³-hybridized carbons (Fsp3) is 0.400. The van der Waals surface area contributed by atoms with Gasteiger partial charge in [0, 0.05) is 61.1 Å². The molecule has 0 amide bonds. The Labute approximate surface area is 203 Å². The van der Waals surface area contributed by atoms with E-state index in [-0.39, 0.29) is 5.41 Å². The number of aromatic nitrogens is 1. The van der Waals surface area contributed by atoms with Crippen molar-refractivity contribution in [1.82, 2.24) is 14.4 Å². The Kier molecular flexibility index (Phi) is 6.48. The van der Waals surface area contributed by atoms with E-state index < -0.39 is 6.10 Å². The number of rotatable bonds is 6. The summed E-state index contributed by atoms with van der Waals surface area (Å²) in [5.41, 5.74) is 5.37. The van der Waals surface area contributed by atoms with Crippen molar-refractivity contribution < 1.29 is 5.11 Å². The van der Waals surface area contributed by atoms with Crippen LogP contribution in [0, 0.1) is 0 Å². The molecule has 1 N–H and O–H groups in total. The molecule has 1 fully saturated rings. The molecule has 178 valence electrons. The first-order valence-corrected chi connectivity index (χ1v) is 12.6. The third-order valence-electron chi connectivity index (χ3n) is 7.23. The number of hydrogen-bond acceptors (Lipinski definition) is 3. The minimum Gasteiger partial charge on any atom is -0.390 e. The van der Waals surface area contributed by atoms with E-state index in [1.807, 2.05) is 0 Å². The predicted molar refractivity (Wildman–Crippen MR) is 142 cm³/mol. The average molecular weight is 456 g/mol. The van der Waals surface area contributed by atoms with Crippen molar-refractivity contribution in [2.45, 2.75) is 45.4 Å². The number of aliphatic hydroxyl groups excluding tert-OH is 1. The number of piperazine rings is 1. The monoisotopic (exact) mass is 455 g/mol. The summed E-state index contributed by atoms with van der Waals surface area (Å²) in [6, 6.07) is 26.1. The SMILES string of the molecule is CC(C)(C)c1ccc(CN2CCN(CC(O)Cn3c4ccccc4c4ccccc43)CC2)cc1. The molecule has 3 aromatic carbocycles. The number of β-amino-alcohol motifs (C(OH)–C–C–N with tert-alkyl or cyclic N) is 1. The van der Waals surface area contributed by atoms with Gasteiger partial charge in [0.25, 0.3) is 0 Å². The molecule has 4 nitrogen and oxygen atoms in total. The van der Waals surface area contributed by atoms with Crippen LogP contribution in [0.5, 0.6) is 0 Å². The van der Waals surface area contributed by atoms with Gasteiger partial charge in [0.2, 0.25) is 0 Å². The van der Waals surface area contributed by atoms with E-state index in [9.17, 15) is 5.11 Å². The van der Waals surface area contributed by atoms with Crippen LogP contribution in [0.25, 0.3) is 21.8 Å². The van der Waals surface area contributed by atoms with Gasteiger partial charge in [-0.2, -0.15) is 0 Å². The first-order valence-electron chi connectivity index (χ1n) is 12.6. The Morgan fingerprint density at radius 1 is 0.706 bits per heavy atom. The third-order valence-corrected chi connectivity index (χ3v) is 7.23. The number of benzene rings is 3. The van der Waals surface area contributed by atoms with Crippen molar-refractivity contribution in [1.29, 1.82) is 0 Å². The number of fused-ring (bicyclic) bond motifs is 3. The topological polar surface area (TPSA) is 31.6 Å². The second kappa shape index (κ2) is 9.53. The fourth-order valence-corrected chi connectivity index (χ4v) is 5.26. The fourth-order valence-electron chi connectivity index (χ4n) is 5.26. The van der Waals surface area contributed by atoms with E-state index in [4.69, 9.17) is 0 Å². The lowest BCUT2D eigenvalue weighted by Crippen LogP contribution is -2.48. The normalized spacial score (nSPS) is 16.9. The van der Waals surface area contributed by atoms with Gasteiger partial charge in [-0.15, -0.1) is 0 Å². The first kappa shape index (κ1) is 23.1. The lowest BCUT2D eigenvalue weighted by Gasteiger charge is -2.35. The molecule has 2 heterocycles. The molecule has 4 aromatic rings. The molecule has 0 spiro atoms. The van der Waals surface area contributed by atoms with Gasteiger partial charge in [0.05, 0.1) is 12.6 Å². The zero-order valence-corrected chi connectivity index (χ0v) is 20.7. The summed E-state index contributed by atoms with van der Waals surface area (Å²) in [6.45, 7) is 13.2. The van der Waals surface area contributed by atoms with Crippen LogP contribution < -0.4 is 0 Å². The van der Waals surface area contributed by atoms with Gasteiger partial charge in [0.1, 0.15) is 0 Å². The maximum atomic E-state index is 11.0. The smallest absolute Gasteiger partial charge is 0.0845 e. The van der Waals surface area contributed by atoms with E-state index in [0.717, 1.165) is 39.3 Å². The summed E-state index contributed by atoms with van der Waals surface area (Å²) >= 11 is 0. The highest BCUT2D eigenvalue weighted by molar-refractivity contribution is 6.07. The van der Waals surface area contributed by atoms with Crippen molar-refractivity contribution >= 4 is 21.8 Å². The molecular weight excluding hydrogens is 418 g/mol. The maximum Gasteiger partial charge on any atom is 0.0845 e. The van der Waals surface area contributed by atoms with Gasteiger partial charge in [-0.05, 0) is 28.7 Å². The lowest BCUT2D eigenvalue weighted by molar-refractivity contribution is 0.0634. The van der Waals surface area contributed by atoms with Crippen molar-refractivity contribution in [3.05, 3.63) is 83.9 Å². The molecule has 1 unspecified atom stereocenters. The molecule has 1 saturated heterocycles. The molecule has 0 radical (unpaired) electrons. The standard InChI is InChI=1S/C30H37N3O/c1-30(2,3)24-14-12-23(13-15-24)20-31-16-18-32(19-17-31)21-25(34)22-33-28-10-6-4-8-26(28)27-9-5-7-11-29(27)33/h4-15,25,34H,16-22H2,1-3H3. The molecule has 1 atom stereocenters. The van der Waals surface area contributed by atoms with Crippen LogP contribution in [0.3, 0.4) is 0 Å². The van der Waals surface area contributed by atoms with Crippen molar-refractivity contribution in [3.63, 3.8) is 0 Å². The van der Waals surface area contributed by atoms with Gasteiger partial charge >= 0.3 is 0 Å². The van der Waals surface area contributed by atoms with Gasteiger partial charge < -0.3 is 9.67 Å². The summed E-state index contributed by atoms with van der Waals surface area (Å²) < 4.78 is 2.28. The van der Waals surface area contributed by atoms with Crippen molar-refractivity contribution in [3.8, 4) is 0 Å². The molecule has 34 heavy (non-hydrogen) atoms. The van der Waals surface area contributed by atoms with E-state index in [1.54, 1.807) is 0 Å². The Hall–Kier alpha value is -2.66. The summed E-state index contributed by atoms with van der Waals surface area (Å²) in [6.07, 6.45) is -0.393. The number of nitrogens with zero attached hydrogens (tertiary/aromatic N) is 3. The molecule has 1 aliphatic rings. The van der Waals surface area contributed by atoms with E-state index in [1.165, 1.54) is 32.9 Å². The zero-order valence-electron chi connectivity index (χ0n) is 20.7. The first-order chi connectivity index (χ1) is 16.4. The molecule has 0 bridgehead atoms. The highest BCUT2D eigenvalue weighted by atomic mass is 16.3. The predicted octanol–water partition coefficient (Wildman–Crippen LogP) is 5.27. The number of hydrogen-bond donors (Lipinski definition) is 1. The van der Waals surface area contributed by atoms with Crippen LogP contribution in [0.4, 0.5) is 0 Å². The van der Waals surface area contributed by atoms with E-state index in [0.29, 0.717) is 6.54 Å². The minimum atomic E-state index is -0.393. The lowest BCUT2D eigenvalue weighted by atomic mass is 9.87. The van der Waals surface area contributed by atoms with Crippen LogP contribution in [-0.4, -0.2) is 58.3 Å². The highest BCUT2D eigenvalue weighted by Crippen LogP contribution is 2.29. The van der Waals surface area contributed by atoms with Gasteiger partial charge in [-0.3, -0.25) is 9.80 Å². The second-order valence-electron chi connectivity index (χ2n) is 10.8. The van der Waals surface area contributed by atoms with Crippen LogP contribution >= 0.6 is 0 Å². The van der Waals surface area contributed by atoms with Gasteiger partial charge in [-0.25, -0.2) is 0 Å². The average Bonchev–Trinajstić information content (AvgIpc) is 3.14. The van der Waals surface area contributed by atoms with Crippen LogP contribution in [0.15, 0.2) is 72.8 Å². The molecule has 5 rings (SSSR count). The maximum absolute atomic E-state index is 11.0. The van der Waals surface area contributed by atoms with Gasteiger partial charge in [-0.1, -0.05) is 81.4 Å². The Morgan fingerprint density at radius 2 is 1.24 bits per heavy atom. The summed E-state index contributed by atoms with van der Waals surface area (Å²) in [7, 11) is 0. The highest BCUT2D eigenvalue weighted by Gasteiger charge is 2.21. The summed E-state index contributed by atoms with van der Waals surface area (Å²) in [5.74, 6) is 0. The molecule has 1 aliphatic heterocycles. The number of para-hydroxylation sites is 2. The Bertz CT molecular complexity index is 1190. The Morgan fingerprint density at radius 3 is 1.79 bits per heavy atom. The Balaban J connectivity index is 1.17. The van der Waals surface area contributed by atoms with Crippen molar-refractivity contribution in [2.24, 2.45) is 0 Å². The minimum absolute atomic E-state index is 0.199. The van der Waals surface area contributed by atoms with Crippen molar-refractivity contribution in [2.75, 3.05) is 32.7 Å². The summed E-state index contributed by atoms with van der Waals surface area (Å²) in [5, 5.41) is 13.5. The molecule has 4 heteroatoms. The van der Waals surface area contributed by atoms with E-state index >= 15 is 0 Å². The number of aliphatic hydroxyl groups is 1. The third kappa shape index (κ3) is 4.90. The molecule has 1 aromatic heterocycles. The van der Waals surface area contributed by atoms with Crippen LogP contribution in [0.1, 0.15) is 31.9 Å². The van der Waals surface area contributed by atoms with Crippen LogP contribution in [-0.2, 0) is 18.5 Å². The molecule has 0 saturated carbocycles. The van der Waals surface area contributed by atoms with Crippen LogP contribution in [0.2, 0.25) is 0 Å². The molecular formula is C30H37N3O. The zero-order chi connectivity index (χ0) is 23.7. The quantitative estimate of drug-likeness (QED) is 0.430. The summed E-state index contributed by atoms with van der Waals surface area (Å²) in [4.78, 5) is 4.94.